The average molecular weight is 336 g/mol. The number of hydrogen-bond acceptors (Lipinski definition) is 2. The van der Waals surface area contributed by atoms with Crippen LogP contribution in [0.15, 0.2) is 0 Å². The van der Waals surface area contributed by atoms with Crippen molar-refractivity contribution in [2.75, 3.05) is 0 Å². The maximum Gasteiger partial charge on any atom is -0.870 e. The van der Waals surface area contributed by atoms with Gasteiger partial charge in [0.05, 0.1) is 0 Å². The Morgan fingerprint density at radius 1 is 0.429 bits per heavy atom. The summed E-state index contributed by atoms with van der Waals surface area (Å²) in [5, 5.41) is 0. The van der Waals surface area contributed by atoms with Crippen LogP contribution in [0, 0.1) is 0 Å². The molecule has 128 valence electrons. The molecule has 0 aromatic carbocycles. The zero-order valence-corrected chi connectivity index (χ0v) is 16.3. The van der Waals surface area contributed by atoms with Gasteiger partial charge < -0.3 is 11.0 Å². The Morgan fingerprint density at radius 2 is 0.714 bits per heavy atom. The molecule has 0 aliphatic heterocycles. The second-order valence-electron chi connectivity index (χ2n) is 5.99. The molecule has 0 aliphatic carbocycles. The van der Waals surface area contributed by atoms with Crippen LogP contribution in [0.1, 0.15) is 104 Å². The topological polar surface area (TPSA) is 60.0 Å². The van der Waals surface area contributed by atoms with Gasteiger partial charge in [-0.25, -0.2) is 0 Å². The van der Waals surface area contributed by atoms with Crippen LogP contribution >= 0.6 is 0 Å². The van der Waals surface area contributed by atoms with Crippen LogP contribution in [0.2, 0.25) is 9.45 Å². The zero-order chi connectivity index (χ0) is 14.0. The summed E-state index contributed by atoms with van der Waals surface area (Å²) in [7, 11) is 0. The van der Waals surface area contributed by atoms with E-state index in [1.165, 1.54) is 77.0 Å². The molecule has 0 aromatic rings. The number of rotatable bonds is 16. The van der Waals surface area contributed by atoms with Crippen molar-refractivity contribution in [1.82, 2.24) is 0 Å². The molecule has 0 rings (SSSR count). The molecule has 2 nitrogen and oxygen atoms in total. The van der Waals surface area contributed by atoms with Crippen LogP contribution in [0.4, 0.5) is 0 Å². The normalized spacial score (nSPS) is 9.62. The van der Waals surface area contributed by atoms with Crippen LogP contribution < -0.4 is 0 Å². The third kappa shape index (κ3) is 25.9. The molecule has 0 saturated heterocycles. The Bertz CT molecular complexity index is 138. The van der Waals surface area contributed by atoms with Crippen molar-refractivity contribution < 1.29 is 30.1 Å². The SMILES string of the molecule is CCCCCCCC[CH2][Ti+2][CH2]CCCCCCCC.[OH-].[OH-]. The molecule has 0 heterocycles. The van der Waals surface area contributed by atoms with Gasteiger partial charge >= 0.3 is 132 Å². The third-order valence-electron chi connectivity index (χ3n) is 3.91. The molecule has 2 N–H and O–H groups in total. The van der Waals surface area contributed by atoms with E-state index in [0.717, 1.165) is 0 Å². The molecule has 0 fully saturated rings. The van der Waals surface area contributed by atoms with Gasteiger partial charge in [0, 0.05) is 0 Å². The summed E-state index contributed by atoms with van der Waals surface area (Å²) in [6.45, 7) is 4.60. The van der Waals surface area contributed by atoms with E-state index in [9.17, 15) is 0 Å². The first-order valence-electron chi connectivity index (χ1n) is 9.12. The van der Waals surface area contributed by atoms with Gasteiger partial charge in [-0.1, -0.05) is 0 Å². The molecule has 0 unspecified atom stereocenters. The van der Waals surface area contributed by atoms with Crippen LogP contribution in [-0.4, -0.2) is 11.0 Å². The van der Waals surface area contributed by atoms with Gasteiger partial charge in [0.15, 0.2) is 0 Å². The van der Waals surface area contributed by atoms with Crippen molar-refractivity contribution in [3.05, 3.63) is 0 Å². The summed E-state index contributed by atoms with van der Waals surface area (Å²) in [5.41, 5.74) is 0. The van der Waals surface area contributed by atoms with Crippen LogP contribution in [0.25, 0.3) is 0 Å². The molecule has 0 saturated carbocycles. The first kappa shape index (κ1) is 26.5. The van der Waals surface area contributed by atoms with E-state index >= 15 is 0 Å². The molecule has 0 radical (unpaired) electrons. The molecule has 0 atom stereocenters. The zero-order valence-electron chi connectivity index (χ0n) is 14.7. The van der Waals surface area contributed by atoms with Gasteiger partial charge in [-0.3, -0.25) is 0 Å². The quantitative estimate of drug-likeness (QED) is 0.224. The Hall–Kier alpha value is 0.634. The minimum absolute atomic E-state index is 0. The molecule has 0 aliphatic rings. The van der Waals surface area contributed by atoms with Crippen LogP contribution in [0.3, 0.4) is 0 Å². The minimum Gasteiger partial charge on any atom is -0.870 e. The Labute approximate surface area is 143 Å². The summed E-state index contributed by atoms with van der Waals surface area (Å²) in [6.07, 6.45) is 20.7. The molecule has 0 aromatic heterocycles. The summed E-state index contributed by atoms with van der Waals surface area (Å²) >= 11 is 0.440. The van der Waals surface area contributed by atoms with Gasteiger partial charge in [0.2, 0.25) is 0 Å². The number of unbranched alkanes of at least 4 members (excludes halogenated alkanes) is 12. The summed E-state index contributed by atoms with van der Waals surface area (Å²) in [4.78, 5) is 0. The van der Waals surface area contributed by atoms with Crippen molar-refractivity contribution in [3.8, 4) is 0 Å². The average Bonchev–Trinajstić information content (AvgIpc) is 2.43. The number of hydrogen-bond donors (Lipinski definition) is 0. The fraction of sp³-hybridized carbons (Fsp3) is 1.00. The van der Waals surface area contributed by atoms with Gasteiger partial charge in [0.1, 0.15) is 0 Å². The van der Waals surface area contributed by atoms with Gasteiger partial charge in [0.25, 0.3) is 0 Å². The summed E-state index contributed by atoms with van der Waals surface area (Å²) < 4.78 is 3.23. The van der Waals surface area contributed by atoms with E-state index in [0.29, 0.717) is 19.2 Å². The molecule has 0 bridgehead atoms. The smallest absolute Gasteiger partial charge is 0.870 e. The van der Waals surface area contributed by atoms with Crippen molar-refractivity contribution in [2.45, 2.75) is 113 Å². The predicted molar refractivity (Wildman–Crippen MR) is 89.5 cm³/mol. The summed E-state index contributed by atoms with van der Waals surface area (Å²) in [6, 6.07) is 0. The third-order valence-corrected chi connectivity index (χ3v) is 6.12. The van der Waals surface area contributed by atoms with Crippen molar-refractivity contribution in [1.29, 1.82) is 0 Å². The van der Waals surface area contributed by atoms with Gasteiger partial charge in [-0.05, 0) is 0 Å². The van der Waals surface area contributed by atoms with Gasteiger partial charge in [-0.2, -0.15) is 0 Å². The standard InChI is InChI=1S/2C9H19.2H2O.Ti/c2*1-3-5-7-9-8-6-4-2;;;/h2*1,3-9H2,2H3;2*1H2;/q;;;;+2/p-2. The maximum absolute atomic E-state index is 2.30. The van der Waals surface area contributed by atoms with Crippen molar-refractivity contribution >= 4 is 0 Å². The van der Waals surface area contributed by atoms with E-state index in [1.807, 2.05) is 0 Å². The van der Waals surface area contributed by atoms with Crippen molar-refractivity contribution in [2.24, 2.45) is 0 Å². The first-order valence-corrected chi connectivity index (χ1v) is 11.3. The molecule has 3 heteroatoms. The second-order valence-corrected chi connectivity index (χ2v) is 8.33. The first-order chi connectivity index (χ1) is 9.41. The van der Waals surface area contributed by atoms with E-state index in [2.05, 4.69) is 13.8 Å². The van der Waals surface area contributed by atoms with E-state index in [4.69, 9.17) is 0 Å². The Balaban J connectivity index is -0.00000162. The Kier molecular flexibility index (Phi) is 32.3. The fourth-order valence-electron chi connectivity index (χ4n) is 2.54. The molecule has 0 amide bonds. The Morgan fingerprint density at radius 3 is 1.05 bits per heavy atom. The molecular weight excluding hydrogens is 296 g/mol. The predicted octanol–water partition coefficient (Wildman–Crippen LogP) is 7.05. The monoisotopic (exact) mass is 336 g/mol. The second kappa shape index (κ2) is 25.6. The van der Waals surface area contributed by atoms with Gasteiger partial charge in [-0.15, -0.1) is 0 Å². The summed E-state index contributed by atoms with van der Waals surface area (Å²) in [5.74, 6) is 0. The molecule has 21 heavy (non-hydrogen) atoms. The van der Waals surface area contributed by atoms with E-state index < -0.39 is 0 Å². The largest absolute Gasteiger partial charge is 0.870 e. The molecule has 0 spiro atoms. The fourth-order valence-corrected chi connectivity index (χ4v) is 4.49. The maximum atomic E-state index is 2.30. The van der Waals surface area contributed by atoms with E-state index in [1.54, 1.807) is 22.3 Å². The minimum atomic E-state index is 0. The van der Waals surface area contributed by atoms with Crippen LogP contribution in [0.5, 0.6) is 0 Å². The van der Waals surface area contributed by atoms with E-state index in [-0.39, 0.29) is 11.0 Å². The molecular formula is C18H40O2Ti. The van der Waals surface area contributed by atoms with Crippen LogP contribution in [-0.2, 0) is 19.2 Å². The van der Waals surface area contributed by atoms with Crippen molar-refractivity contribution in [3.63, 3.8) is 0 Å².